The molecule has 0 saturated heterocycles. The number of hydrogen-bond donors (Lipinski definition) is 1. The lowest BCUT2D eigenvalue weighted by molar-refractivity contribution is 0.0947. The van der Waals surface area contributed by atoms with Gasteiger partial charge in [-0.3, -0.25) is 4.79 Å². The average molecular weight is 354 g/mol. The van der Waals surface area contributed by atoms with Gasteiger partial charge in [0.05, 0.1) is 16.7 Å². The summed E-state index contributed by atoms with van der Waals surface area (Å²) in [6.45, 7) is 0. The van der Waals surface area contributed by atoms with Gasteiger partial charge in [-0.2, -0.15) is 0 Å². The SMILES string of the molecule is O=C(NC1C=CS(=O)(=O)C1)c1cc(F)cc(S(=O)(=O)Cl)c1. The maximum absolute atomic E-state index is 13.3. The smallest absolute Gasteiger partial charge is 0.261 e. The number of carbonyl (C=O) groups excluding carboxylic acids is 1. The van der Waals surface area contributed by atoms with Gasteiger partial charge in [0.1, 0.15) is 5.82 Å². The number of benzene rings is 1. The Kier molecular flexibility index (Phi) is 4.09. The van der Waals surface area contributed by atoms with Crippen LogP contribution >= 0.6 is 10.7 Å². The first-order chi connectivity index (χ1) is 9.57. The molecular weight excluding hydrogens is 345 g/mol. The van der Waals surface area contributed by atoms with Crippen LogP contribution in [0.25, 0.3) is 0 Å². The van der Waals surface area contributed by atoms with Crippen molar-refractivity contribution >= 4 is 35.5 Å². The third kappa shape index (κ3) is 4.02. The summed E-state index contributed by atoms with van der Waals surface area (Å²) in [5, 5.41) is 3.32. The summed E-state index contributed by atoms with van der Waals surface area (Å²) in [4.78, 5) is 11.3. The lowest BCUT2D eigenvalue weighted by Crippen LogP contribution is -2.35. The molecule has 6 nitrogen and oxygen atoms in total. The first-order valence-corrected chi connectivity index (χ1v) is 9.56. The third-order valence-electron chi connectivity index (χ3n) is 2.66. The van der Waals surface area contributed by atoms with Crippen molar-refractivity contribution in [2.24, 2.45) is 0 Å². The fraction of sp³-hybridized carbons (Fsp3) is 0.182. The van der Waals surface area contributed by atoms with Gasteiger partial charge in [0, 0.05) is 21.7 Å². The summed E-state index contributed by atoms with van der Waals surface area (Å²) in [6.07, 6.45) is 1.28. The number of sulfone groups is 1. The summed E-state index contributed by atoms with van der Waals surface area (Å²) < 4.78 is 58.1. The molecule has 114 valence electrons. The van der Waals surface area contributed by atoms with Crippen molar-refractivity contribution < 1.29 is 26.0 Å². The Hall–Kier alpha value is -1.45. The molecule has 0 fully saturated rings. The number of halogens is 2. The molecule has 1 N–H and O–H groups in total. The molecule has 1 atom stereocenters. The molecule has 1 heterocycles. The van der Waals surface area contributed by atoms with Gasteiger partial charge in [-0.15, -0.1) is 0 Å². The van der Waals surface area contributed by atoms with Gasteiger partial charge in [-0.1, -0.05) is 0 Å². The average Bonchev–Trinajstić information content (AvgIpc) is 2.66. The van der Waals surface area contributed by atoms with Crippen molar-refractivity contribution in [2.45, 2.75) is 10.9 Å². The molecular formula is C11H9ClFNO5S2. The van der Waals surface area contributed by atoms with Gasteiger partial charge in [-0.25, -0.2) is 21.2 Å². The van der Waals surface area contributed by atoms with E-state index in [0.717, 1.165) is 17.5 Å². The van der Waals surface area contributed by atoms with Crippen molar-refractivity contribution in [3.8, 4) is 0 Å². The minimum Gasteiger partial charge on any atom is -0.345 e. The van der Waals surface area contributed by atoms with Crippen molar-refractivity contribution in [1.82, 2.24) is 5.32 Å². The Morgan fingerprint density at radius 3 is 2.52 bits per heavy atom. The van der Waals surface area contributed by atoms with Crippen LogP contribution in [0.1, 0.15) is 10.4 Å². The van der Waals surface area contributed by atoms with E-state index in [1.807, 2.05) is 0 Å². The number of hydrogen-bond acceptors (Lipinski definition) is 5. The number of carbonyl (C=O) groups is 1. The Bertz CT molecular complexity index is 832. The van der Waals surface area contributed by atoms with Crippen LogP contribution in [-0.4, -0.2) is 34.5 Å². The normalized spacial score (nSPS) is 20.4. The zero-order chi connectivity index (χ0) is 15.8. The molecule has 0 bridgehead atoms. The van der Waals surface area contributed by atoms with Gasteiger partial charge in [-0.05, 0) is 24.3 Å². The molecule has 0 aliphatic carbocycles. The van der Waals surface area contributed by atoms with E-state index < -0.39 is 41.5 Å². The molecule has 1 amide bonds. The van der Waals surface area contributed by atoms with Crippen LogP contribution in [0.3, 0.4) is 0 Å². The maximum Gasteiger partial charge on any atom is 0.261 e. The number of nitrogens with one attached hydrogen (secondary N) is 1. The van der Waals surface area contributed by atoms with Crippen LogP contribution in [0, 0.1) is 5.82 Å². The molecule has 0 radical (unpaired) electrons. The monoisotopic (exact) mass is 353 g/mol. The van der Waals surface area contributed by atoms with Crippen LogP contribution in [0.15, 0.2) is 34.6 Å². The van der Waals surface area contributed by atoms with E-state index in [9.17, 15) is 26.0 Å². The zero-order valence-electron chi connectivity index (χ0n) is 10.3. The highest BCUT2D eigenvalue weighted by Crippen LogP contribution is 2.19. The van der Waals surface area contributed by atoms with Crippen LogP contribution < -0.4 is 5.32 Å². The van der Waals surface area contributed by atoms with Crippen molar-refractivity contribution in [1.29, 1.82) is 0 Å². The van der Waals surface area contributed by atoms with Crippen LogP contribution in [-0.2, 0) is 18.9 Å². The Morgan fingerprint density at radius 1 is 1.33 bits per heavy atom. The fourth-order valence-electron chi connectivity index (χ4n) is 1.75. The van der Waals surface area contributed by atoms with Gasteiger partial charge in [0.25, 0.3) is 15.0 Å². The standard InChI is InChI=1S/C11H9ClFNO5S2/c12-21(18,19)10-4-7(3-8(13)5-10)11(15)14-9-1-2-20(16,17)6-9/h1-5,9H,6H2,(H,14,15). The van der Waals surface area contributed by atoms with Crippen molar-refractivity contribution in [3.63, 3.8) is 0 Å². The topological polar surface area (TPSA) is 97.4 Å². The molecule has 1 unspecified atom stereocenters. The predicted octanol–water partition coefficient (Wildman–Crippen LogP) is 0.794. The van der Waals surface area contributed by atoms with Crippen LogP contribution in [0.4, 0.5) is 4.39 Å². The molecule has 0 aromatic heterocycles. The van der Waals surface area contributed by atoms with Crippen molar-refractivity contribution in [3.05, 3.63) is 41.1 Å². The molecule has 1 aromatic rings. The first kappa shape index (κ1) is 15.9. The second-order valence-electron chi connectivity index (χ2n) is 4.35. The highest BCUT2D eigenvalue weighted by molar-refractivity contribution is 8.13. The van der Waals surface area contributed by atoms with E-state index in [1.165, 1.54) is 6.08 Å². The van der Waals surface area contributed by atoms with Gasteiger partial charge >= 0.3 is 0 Å². The highest BCUT2D eigenvalue weighted by Gasteiger charge is 2.24. The Morgan fingerprint density at radius 2 is 2.00 bits per heavy atom. The summed E-state index contributed by atoms with van der Waals surface area (Å²) in [5.41, 5.74) is -0.271. The molecule has 0 spiro atoms. The summed E-state index contributed by atoms with van der Waals surface area (Å²) in [7, 11) is -2.44. The minimum absolute atomic E-state index is 0.271. The van der Waals surface area contributed by atoms with Crippen LogP contribution in [0.5, 0.6) is 0 Å². The van der Waals surface area contributed by atoms with E-state index in [0.29, 0.717) is 6.07 Å². The van der Waals surface area contributed by atoms with Gasteiger partial charge in [0.15, 0.2) is 9.84 Å². The molecule has 2 rings (SSSR count). The molecule has 1 aliphatic heterocycles. The third-order valence-corrected chi connectivity index (χ3v) is 5.39. The molecule has 1 aromatic carbocycles. The maximum atomic E-state index is 13.3. The second kappa shape index (κ2) is 5.39. The number of amides is 1. The lowest BCUT2D eigenvalue weighted by Gasteiger charge is -2.10. The van der Waals surface area contributed by atoms with Crippen LogP contribution in [0.2, 0.25) is 0 Å². The lowest BCUT2D eigenvalue weighted by atomic mass is 10.2. The van der Waals surface area contributed by atoms with Gasteiger partial charge in [0.2, 0.25) is 0 Å². The van der Waals surface area contributed by atoms with Gasteiger partial charge < -0.3 is 5.32 Å². The Labute approximate surface area is 124 Å². The molecule has 21 heavy (non-hydrogen) atoms. The first-order valence-electron chi connectivity index (χ1n) is 5.54. The highest BCUT2D eigenvalue weighted by atomic mass is 35.7. The van der Waals surface area contributed by atoms with E-state index in [4.69, 9.17) is 10.7 Å². The van der Waals surface area contributed by atoms with E-state index >= 15 is 0 Å². The van der Waals surface area contributed by atoms with Crippen molar-refractivity contribution in [2.75, 3.05) is 5.75 Å². The molecule has 10 heteroatoms. The minimum atomic E-state index is -4.18. The zero-order valence-corrected chi connectivity index (χ0v) is 12.7. The fourth-order valence-corrected chi connectivity index (χ4v) is 3.78. The predicted molar refractivity (Wildman–Crippen MR) is 73.6 cm³/mol. The molecule has 1 aliphatic rings. The number of rotatable bonds is 3. The van der Waals surface area contributed by atoms with E-state index in [2.05, 4.69) is 5.32 Å². The van der Waals surface area contributed by atoms with E-state index in [1.54, 1.807) is 0 Å². The largest absolute Gasteiger partial charge is 0.345 e. The summed E-state index contributed by atoms with van der Waals surface area (Å²) in [6, 6.07) is 1.67. The molecule has 0 saturated carbocycles. The van der Waals surface area contributed by atoms with E-state index in [-0.39, 0.29) is 11.3 Å². The second-order valence-corrected chi connectivity index (χ2v) is 8.85. The Balaban J connectivity index is 2.25. The quantitative estimate of drug-likeness (QED) is 0.810. The summed E-state index contributed by atoms with van der Waals surface area (Å²) in [5.74, 6) is -2.05. The summed E-state index contributed by atoms with van der Waals surface area (Å²) >= 11 is 0.